The maximum atomic E-state index is 12.9. The van der Waals surface area contributed by atoms with E-state index in [0.717, 1.165) is 30.4 Å². The van der Waals surface area contributed by atoms with Crippen LogP contribution in [0.3, 0.4) is 0 Å². The molecule has 0 aliphatic heterocycles. The van der Waals surface area contributed by atoms with Crippen LogP contribution in [0.2, 0.25) is 5.02 Å². The molecule has 0 radical (unpaired) electrons. The van der Waals surface area contributed by atoms with Gasteiger partial charge >= 0.3 is 5.97 Å². The fourth-order valence-electron chi connectivity index (χ4n) is 3.42. The molecular weight excluding hydrogens is 338 g/mol. The smallest absolute Gasteiger partial charge is 0.305 e. The molecular formula is C20H20ClNO3. The van der Waals surface area contributed by atoms with Crippen LogP contribution in [0, 0.1) is 0 Å². The van der Waals surface area contributed by atoms with Crippen LogP contribution in [0.4, 0.5) is 0 Å². The normalized spacial score (nSPS) is 17.4. The highest BCUT2D eigenvalue weighted by molar-refractivity contribution is 6.30. The third-order valence-corrected chi connectivity index (χ3v) is 4.91. The summed E-state index contributed by atoms with van der Waals surface area (Å²) >= 11 is 5.90. The summed E-state index contributed by atoms with van der Waals surface area (Å²) in [5.41, 5.74) is 3.00. The minimum atomic E-state index is -0.954. The second kappa shape index (κ2) is 7.70. The maximum absolute atomic E-state index is 12.9. The highest BCUT2D eigenvalue weighted by Crippen LogP contribution is 2.32. The van der Waals surface area contributed by atoms with Gasteiger partial charge in [0.15, 0.2) is 0 Å². The van der Waals surface area contributed by atoms with E-state index in [1.54, 1.807) is 24.3 Å². The van der Waals surface area contributed by atoms with E-state index in [2.05, 4.69) is 11.4 Å². The zero-order valence-electron chi connectivity index (χ0n) is 13.7. The first kappa shape index (κ1) is 17.5. The number of carboxylic acids is 1. The number of fused-ring (bicyclic) bond motifs is 1. The van der Waals surface area contributed by atoms with E-state index >= 15 is 0 Å². The van der Waals surface area contributed by atoms with Crippen molar-refractivity contribution in [1.29, 1.82) is 0 Å². The molecule has 5 heteroatoms. The van der Waals surface area contributed by atoms with E-state index < -0.39 is 12.0 Å². The molecule has 2 atom stereocenters. The van der Waals surface area contributed by atoms with Gasteiger partial charge in [-0.1, -0.05) is 48.0 Å². The summed E-state index contributed by atoms with van der Waals surface area (Å²) in [4.78, 5) is 24.1. The molecule has 0 fully saturated rings. The molecule has 2 aromatic rings. The van der Waals surface area contributed by atoms with Gasteiger partial charge in [-0.15, -0.1) is 0 Å². The Morgan fingerprint density at radius 1 is 1.16 bits per heavy atom. The predicted octanol–water partition coefficient (Wildman–Crippen LogP) is 4.09. The Kier molecular flexibility index (Phi) is 5.39. The number of carbonyl (C=O) groups is 2. The first-order valence-corrected chi connectivity index (χ1v) is 8.78. The van der Waals surface area contributed by atoms with E-state index in [-0.39, 0.29) is 18.2 Å². The molecule has 3 rings (SSSR count). The molecule has 1 aliphatic rings. The summed E-state index contributed by atoms with van der Waals surface area (Å²) in [5, 5.41) is 12.7. The number of carbonyl (C=O) groups excluding carboxylic acids is 1. The highest BCUT2D eigenvalue weighted by atomic mass is 35.5. The van der Waals surface area contributed by atoms with Crippen LogP contribution >= 0.6 is 11.6 Å². The molecule has 1 aliphatic carbocycles. The van der Waals surface area contributed by atoms with E-state index in [9.17, 15) is 14.7 Å². The van der Waals surface area contributed by atoms with Gasteiger partial charge in [-0.25, -0.2) is 0 Å². The molecule has 130 valence electrons. The van der Waals surface area contributed by atoms with Crippen molar-refractivity contribution in [2.24, 2.45) is 0 Å². The highest BCUT2D eigenvalue weighted by Gasteiger charge is 2.28. The maximum Gasteiger partial charge on any atom is 0.305 e. The van der Waals surface area contributed by atoms with Crippen molar-refractivity contribution in [2.75, 3.05) is 0 Å². The van der Waals surface area contributed by atoms with Crippen LogP contribution in [-0.4, -0.2) is 17.0 Å². The van der Waals surface area contributed by atoms with E-state index in [1.165, 1.54) is 5.56 Å². The Morgan fingerprint density at radius 2 is 1.88 bits per heavy atom. The van der Waals surface area contributed by atoms with Gasteiger partial charge in [0.25, 0.3) is 0 Å². The Balaban J connectivity index is 1.81. The zero-order chi connectivity index (χ0) is 17.8. The second-order valence-corrected chi connectivity index (χ2v) is 6.79. The Bertz CT molecular complexity index is 773. The third-order valence-electron chi connectivity index (χ3n) is 4.65. The number of aliphatic carboxylic acids is 1. The van der Waals surface area contributed by atoms with Gasteiger partial charge < -0.3 is 10.4 Å². The minimum absolute atomic E-state index is 0.117. The van der Waals surface area contributed by atoms with Crippen molar-refractivity contribution >= 4 is 23.5 Å². The molecule has 25 heavy (non-hydrogen) atoms. The molecule has 1 amide bonds. The van der Waals surface area contributed by atoms with Crippen LogP contribution in [0.15, 0.2) is 48.5 Å². The molecule has 2 unspecified atom stereocenters. The van der Waals surface area contributed by atoms with Gasteiger partial charge in [-0.05, 0) is 48.1 Å². The molecule has 0 aromatic heterocycles. The molecule has 2 N–H and O–H groups in total. The van der Waals surface area contributed by atoms with E-state index in [4.69, 9.17) is 11.6 Å². The van der Waals surface area contributed by atoms with Crippen molar-refractivity contribution in [3.8, 4) is 0 Å². The Labute approximate surface area is 151 Å². The number of carboxylic acid groups (broad SMARTS) is 1. The lowest BCUT2D eigenvalue weighted by Crippen LogP contribution is -2.35. The first-order chi connectivity index (χ1) is 12.0. The molecule has 4 nitrogen and oxygen atoms in total. The minimum Gasteiger partial charge on any atom is -0.481 e. The standard InChI is InChI=1S/C20H20ClNO3/c21-15-10-8-14(9-11-15)18(12-19(23)24)22-20(25)17-7-3-5-13-4-1-2-6-16(13)17/h1-2,4,6,8-11,17-18H,3,5,7,12H2,(H,22,25)(H,23,24). The monoisotopic (exact) mass is 357 g/mol. The van der Waals surface area contributed by atoms with Crippen LogP contribution in [0.5, 0.6) is 0 Å². The first-order valence-electron chi connectivity index (χ1n) is 8.40. The topological polar surface area (TPSA) is 66.4 Å². The summed E-state index contributed by atoms with van der Waals surface area (Å²) in [6.07, 6.45) is 2.56. The molecule has 0 heterocycles. The average molecular weight is 358 g/mol. The lowest BCUT2D eigenvalue weighted by molar-refractivity contribution is -0.137. The zero-order valence-corrected chi connectivity index (χ0v) is 14.5. The number of aryl methyl sites for hydroxylation is 1. The number of benzene rings is 2. The number of nitrogens with one attached hydrogen (secondary N) is 1. The van der Waals surface area contributed by atoms with Gasteiger partial charge in [-0.2, -0.15) is 0 Å². The van der Waals surface area contributed by atoms with Crippen molar-refractivity contribution in [3.63, 3.8) is 0 Å². The van der Waals surface area contributed by atoms with Gasteiger partial charge in [-0.3, -0.25) is 9.59 Å². The number of hydrogen-bond acceptors (Lipinski definition) is 2. The molecule has 0 bridgehead atoms. The second-order valence-electron chi connectivity index (χ2n) is 6.35. The number of amides is 1. The van der Waals surface area contributed by atoms with Crippen LogP contribution in [0.25, 0.3) is 0 Å². The fourth-order valence-corrected chi connectivity index (χ4v) is 3.55. The van der Waals surface area contributed by atoms with Crippen molar-refractivity contribution in [3.05, 3.63) is 70.2 Å². The SMILES string of the molecule is O=C(O)CC(NC(=O)C1CCCc2ccccc21)c1ccc(Cl)cc1. The summed E-state index contributed by atoms with van der Waals surface area (Å²) in [6.45, 7) is 0. The van der Waals surface area contributed by atoms with Gasteiger partial charge in [0.1, 0.15) is 0 Å². The quantitative estimate of drug-likeness (QED) is 0.846. The molecule has 0 saturated carbocycles. The number of halogens is 1. The van der Waals surface area contributed by atoms with Crippen LogP contribution in [0.1, 0.15) is 47.9 Å². The summed E-state index contributed by atoms with van der Waals surface area (Å²) in [6, 6.07) is 14.3. The Morgan fingerprint density at radius 3 is 2.60 bits per heavy atom. The van der Waals surface area contributed by atoms with Crippen molar-refractivity contribution < 1.29 is 14.7 Å². The summed E-state index contributed by atoms with van der Waals surface area (Å²) < 4.78 is 0. The van der Waals surface area contributed by atoms with Crippen molar-refractivity contribution in [1.82, 2.24) is 5.32 Å². The van der Waals surface area contributed by atoms with Gasteiger partial charge in [0.2, 0.25) is 5.91 Å². The van der Waals surface area contributed by atoms with Gasteiger partial charge in [0.05, 0.1) is 18.4 Å². The number of rotatable bonds is 5. The molecule has 0 saturated heterocycles. The van der Waals surface area contributed by atoms with E-state index in [1.807, 2.05) is 18.2 Å². The average Bonchev–Trinajstić information content (AvgIpc) is 2.61. The van der Waals surface area contributed by atoms with Crippen molar-refractivity contribution in [2.45, 2.75) is 37.6 Å². The molecule has 0 spiro atoms. The fraction of sp³-hybridized carbons (Fsp3) is 0.300. The lowest BCUT2D eigenvalue weighted by atomic mass is 9.82. The lowest BCUT2D eigenvalue weighted by Gasteiger charge is -2.27. The van der Waals surface area contributed by atoms with Gasteiger partial charge in [0, 0.05) is 5.02 Å². The number of hydrogen-bond donors (Lipinski definition) is 2. The van der Waals surface area contributed by atoms with Crippen LogP contribution in [-0.2, 0) is 16.0 Å². The predicted molar refractivity (Wildman–Crippen MR) is 96.7 cm³/mol. The third kappa shape index (κ3) is 4.20. The largest absolute Gasteiger partial charge is 0.481 e. The van der Waals surface area contributed by atoms with E-state index in [0.29, 0.717) is 5.02 Å². The van der Waals surface area contributed by atoms with Crippen LogP contribution < -0.4 is 5.32 Å². The summed E-state index contributed by atoms with van der Waals surface area (Å²) in [7, 11) is 0. The summed E-state index contributed by atoms with van der Waals surface area (Å²) in [5.74, 6) is -1.30. The molecule has 2 aromatic carbocycles. The Hall–Kier alpha value is -2.33.